The summed E-state index contributed by atoms with van der Waals surface area (Å²) in [6, 6.07) is 7.19. The van der Waals surface area contributed by atoms with Crippen molar-refractivity contribution in [3.63, 3.8) is 0 Å². The predicted molar refractivity (Wildman–Crippen MR) is 64.3 cm³/mol. The zero-order valence-corrected chi connectivity index (χ0v) is 9.56. The van der Waals surface area contributed by atoms with Gasteiger partial charge in [0.05, 0.1) is 25.4 Å². The van der Waals surface area contributed by atoms with Crippen LogP contribution in [0.25, 0.3) is 10.9 Å². The fourth-order valence-corrected chi connectivity index (χ4v) is 1.59. The van der Waals surface area contributed by atoms with Crippen LogP contribution in [-0.2, 0) is 4.74 Å². The van der Waals surface area contributed by atoms with Crippen LogP contribution in [0.3, 0.4) is 0 Å². The van der Waals surface area contributed by atoms with Gasteiger partial charge in [-0.15, -0.1) is 0 Å². The highest BCUT2D eigenvalue weighted by Crippen LogP contribution is 2.29. The summed E-state index contributed by atoms with van der Waals surface area (Å²) in [7, 11) is 2.91. The van der Waals surface area contributed by atoms with Crippen molar-refractivity contribution in [1.29, 1.82) is 0 Å². The van der Waals surface area contributed by atoms with E-state index < -0.39 is 6.09 Å². The average Bonchev–Trinajstić information content (AvgIpc) is 2.39. The molecule has 5 heteroatoms. The molecular formula is C12H12N2O3. The van der Waals surface area contributed by atoms with Crippen LogP contribution >= 0.6 is 0 Å². The molecule has 0 aliphatic carbocycles. The Morgan fingerprint density at radius 2 is 2.12 bits per heavy atom. The topological polar surface area (TPSA) is 60.5 Å². The van der Waals surface area contributed by atoms with Crippen LogP contribution in [-0.4, -0.2) is 25.3 Å². The number of pyridine rings is 1. The number of rotatable bonds is 2. The molecule has 5 nitrogen and oxygen atoms in total. The number of hydrogen-bond donors (Lipinski definition) is 1. The molecule has 0 radical (unpaired) electrons. The number of amides is 1. The zero-order chi connectivity index (χ0) is 12.3. The number of ether oxygens (including phenoxy) is 2. The molecule has 1 aromatic carbocycles. The van der Waals surface area contributed by atoms with E-state index in [9.17, 15) is 4.79 Å². The molecule has 0 saturated heterocycles. The highest BCUT2D eigenvalue weighted by Gasteiger charge is 2.09. The second kappa shape index (κ2) is 4.69. The number of fused-ring (bicyclic) bond motifs is 1. The number of anilines is 1. The van der Waals surface area contributed by atoms with Gasteiger partial charge in [-0.2, -0.15) is 0 Å². The molecule has 0 unspecified atom stereocenters. The third-order valence-corrected chi connectivity index (χ3v) is 2.37. The molecule has 0 bridgehead atoms. The fraction of sp³-hybridized carbons (Fsp3) is 0.167. The average molecular weight is 232 g/mol. The Morgan fingerprint density at radius 1 is 1.29 bits per heavy atom. The van der Waals surface area contributed by atoms with Gasteiger partial charge in [0.15, 0.2) is 0 Å². The quantitative estimate of drug-likeness (QED) is 0.863. The highest BCUT2D eigenvalue weighted by molar-refractivity contribution is 6.00. The molecule has 1 heterocycles. The summed E-state index contributed by atoms with van der Waals surface area (Å²) in [6.07, 6.45) is 1.13. The molecule has 1 aromatic heterocycles. The SMILES string of the molecule is COC(=O)Nc1ccc(OC)c2cccnc12. The van der Waals surface area contributed by atoms with E-state index in [1.165, 1.54) is 7.11 Å². The standard InChI is InChI=1S/C12H12N2O3/c1-16-10-6-5-9(14-12(15)17-2)11-8(10)4-3-7-13-11/h3-7H,1-2H3,(H,14,15). The molecule has 17 heavy (non-hydrogen) atoms. The van der Waals surface area contributed by atoms with Gasteiger partial charge in [0.25, 0.3) is 0 Å². The monoisotopic (exact) mass is 232 g/mol. The van der Waals surface area contributed by atoms with Crippen LogP contribution in [0.4, 0.5) is 10.5 Å². The number of aromatic nitrogens is 1. The second-order valence-corrected chi connectivity index (χ2v) is 3.33. The van der Waals surface area contributed by atoms with Crippen LogP contribution < -0.4 is 10.1 Å². The number of methoxy groups -OCH3 is 2. The summed E-state index contributed by atoms with van der Waals surface area (Å²) in [4.78, 5) is 15.4. The number of carbonyl (C=O) groups is 1. The van der Waals surface area contributed by atoms with Crippen molar-refractivity contribution < 1.29 is 14.3 Å². The van der Waals surface area contributed by atoms with Gasteiger partial charge in [-0.3, -0.25) is 10.3 Å². The van der Waals surface area contributed by atoms with Gasteiger partial charge >= 0.3 is 6.09 Å². The smallest absolute Gasteiger partial charge is 0.411 e. The first-order valence-corrected chi connectivity index (χ1v) is 5.03. The van der Waals surface area contributed by atoms with Crippen LogP contribution in [0.1, 0.15) is 0 Å². The summed E-state index contributed by atoms with van der Waals surface area (Å²) in [5.41, 5.74) is 1.26. The third-order valence-electron chi connectivity index (χ3n) is 2.37. The maximum atomic E-state index is 11.2. The summed E-state index contributed by atoms with van der Waals surface area (Å²) < 4.78 is 9.78. The van der Waals surface area contributed by atoms with Crippen molar-refractivity contribution in [2.45, 2.75) is 0 Å². The van der Waals surface area contributed by atoms with Gasteiger partial charge in [0, 0.05) is 11.6 Å². The van der Waals surface area contributed by atoms with E-state index in [2.05, 4.69) is 15.0 Å². The van der Waals surface area contributed by atoms with Crippen LogP contribution in [0, 0.1) is 0 Å². The van der Waals surface area contributed by atoms with Crippen molar-refractivity contribution >= 4 is 22.7 Å². The first-order valence-electron chi connectivity index (χ1n) is 5.03. The predicted octanol–water partition coefficient (Wildman–Crippen LogP) is 2.42. The lowest BCUT2D eigenvalue weighted by Crippen LogP contribution is -2.11. The van der Waals surface area contributed by atoms with Crippen LogP contribution in [0.5, 0.6) is 5.75 Å². The third kappa shape index (κ3) is 2.13. The minimum Gasteiger partial charge on any atom is -0.496 e. The molecule has 0 aliphatic rings. The molecule has 2 aromatic rings. The van der Waals surface area contributed by atoms with Crippen molar-refractivity contribution in [2.24, 2.45) is 0 Å². The van der Waals surface area contributed by atoms with E-state index in [1.54, 1.807) is 25.4 Å². The van der Waals surface area contributed by atoms with Crippen LogP contribution in [0.2, 0.25) is 0 Å². The summed E-state index contributed by atoms with van der Waals surface area (Å²) in [6.45, 7) is 0. The normalized spacial score (nSPS) is 10.0. The first-order chi connectivity index (χ1) is 8.26. The lowest BCUT2D eigenvalue weighted by atomic mass is 10.1. The Balaban J connectivity index is 2.54. The Morgan fingerprint density at radius 3 is 2.82 bits per heavy atom. The fourth-order valence-electron chi connectivity index (χ4n) is 1.59. The first kappa shape index (κ1) is 11.2. The molecule has 1 amide bonds. The second-order valence-electron chi connectivity index (χ2n) is 3.33. The van der Waals surface area contributed by atoms with E-state index in [0.717, 1.165) is 5.39 Å². The molecule has 1 N–H and O–H groups in total. The number of nitrogens with zero attached hydrogens (tertiary/aromatic N) is 1. The van der Waals surface area contributed by atoms with E-state index >= 15 is 0 Å². The minimum absolute atomic E-state index is 0.526. The molecule has 0 fully saturated rings. The van der Waals surface area contributed by atoms with Crippen molar-refractivity contribution in [3.8, 4) is 5.75 Å². The molecule has 0 atom stereocenters. The minimum atomic E-state index is -0.526. The van der Waals surface area contributed by atoms with Crippen LogP contribution in [0.15, 0.2) is 30.5 Å². The highest BCUT2D eigenvalue weighted by atomic mass is 16.5. The zero-order valence-electron chi connectivity index (χ0n) is 9.56. The summed E-state index contributed by atoms with van der Waals surface area (Å²) in [5.74, 6) is 0.712. The summed E-state index contributed by atoms with van der Waals surface area (Å²) >= 11 is 0. The maximum Gasteiger partial charge on any atom is 0.411 e. The van der Waals surface area contributed by atoms with Gasteiger partial charge < -0.3 is 9.47 Å². The Hall–Kier alpha value is -2.30. The molecule has 88 valence electrons. The van der Waals surface area contributed by atoms with E-state index in [1.807, 2.05) is 12.1 Å². The van der Waals surface area contributed by atoms with E-state index in [4.69, 9.17) is 4.74 Å². The molecule has 2 rings (SSSR count). The number of benzene rings is 1. The van der Waals surface area contributed by atoms with Gasteiger partial charge in [-0.05, 0) is 24.3 Å². The van der Waals surface area contributed by atoms with Gasteiger partial charge in [0.2, 0.25) is 0 Å². The molecule has 0 saturated carbocycles. The Labute approximate surface area is 98.4 Å². The van der Waals surface area contributed by atoms with Gasteiger partial charge in [0.1, 0.15) is 5.75 Å². The number of hydrogen-bond acceptors (Lipinski definition) is 4. The largest absolute Gasteiger partial charge is 0.496 e. The van der Waals surface area contributed by atoms with E-state index in [-0.39, 0.29) is 0 Å². The molecular weight excluding hydrogens is 220 g/mol. The van der Waals surface area contributed by atoms with Gasteiger partial charge in [-0.25, -0.2) is 4.79 Å². The van der Waals surface area contributed by atoms with Crippen molar-refractivity contribution in [3.05, 3.63) is 30.5 Å². The van der Waals surface area contributed by atoms with E-state index in [0.29, 0.717) is 17.0 Å². The number of carbonyl (C=O) groups excluding carboxylic acids is 1. The van der Waals surface area contributed by atoms with Gasteiger partial charge in [-0.1, -0.05) is 0 Å². The lowest BCUT2D eigenvalue weighted by molar-refractivity contribution is 0.187. The molecule has 0 aliphatic heterocycles. The molecule has 0 spiro atoms. The Kier molecular flexibility index (Phi) is 3.09. The maximum absolute atomic E-state index is 11.2. The Bertz CT molecular complexity index is 554. The van der Waals surface area contributed by atoms with Crippen molar-refractivity contribution in [1.82, 2.24) is 4.98 Å². The lowest BCUT2D eigenvalue weighted by Gasteiger charge is -2.09. The van der Waals surface area contributed by atoms with Crippen molar-refractivity contribution in [2.75, 3.05) is 19.5 Å². The summed E-state index contributed by atoms with van der Waals surface area (Å²) in [5, 5.41) is 3.44. The number of nitrogens with one attached hydrogen (secondary N) is 1.